The first-order valence-electron chi connectivity index (χ1n) is 8.18. The van der Waals surface area contributed by atoms with Crippen molar-refractivity contribution >= 4 is 12.0 Å². The van der Waals surface area contributed by atoms with Gasteiger partial charge in [-0.1, -0.05) is 0 Å². The van der Waals surface area contributed by atoms with E-state index in [1.165, 1.54) is 0 Å². The first-order chi connectivity index (χ1) is 11.1. The Morgan fingerprint density at radius 3 is 2.83 bits per heavy atom. The molecular weight excluding hydrogens is 298 g/mol. The third kappa shape index (κ3) is 5.28. The fraction of sp³-hybridized carbons (Fsp3) is 0.625. The number of rotatable bonds is 6. The van der Waals surface area contributed by atoms with Gasteiger partial charge in [0, 0.05) is 19.1 Å². The lowest BCUT2D eigenvalue weighted by atomic mass is 10.1. The lowest BCUT2D eigenvalue weighted by Crippen LogP contribution is -2.87. The molecule has 1 aromatic heterocycles. The summed E-state index contributed by atoms with van der Waals surface area (Å²) in [6.45, 7) is 5.79. The van der Waals surface area contributed by atoms with Gasteiger partial charge in [0.15, 0.2) is 12.3 Å². The number of nitrogens with two attached hydrogens (primary N) is 1. The molecule has 0 bridgehead atoms. The van der Waals surface area contributed by atoms with Crippen molar-refractivity contribution in [1.82, 2.24) is 10.2 Å². The largest absolute Gasteiger partial charge is 0.463 e. The minimum atomic E-state index is -0.266. The molecule has 1 saturated heterocycles. The predicted molar refractivity (Wildman–Crippen MR) is 83.7 cm³/mol. The molecule has 23 heavy (non-hydrogen) atoms. The van der Waals surface area contributed by atoms with Crippen LogP contribution < -0.4 is 10.6 Å². The zero-order chi connectivity index (χ0) is 16.7. The van der Waals surface area contributed by atoms with Gasteiger partial charge in [-0.3, -0.25) is 4.79 Å². The van der Waals surface area contributed by atoms with Gasteiger partial charge in [0.2, 0.25) is 0 Å². The van der Waals surface area contributed by atoms with Crippen molar-refractivity contribution in [3.05, 3.63) is 24.2 Å². The van der Waals surface area contributed by atoms with Crippen molar-refractivity contribution < 1.29 is 24.1 Å². The zero-order valence-corrected chi connectivity index (χ0v) is 13.8. The number of nitrogens with one attached hydrogen (secondary N) is 1. The van der Waals surface area contributed by atoms with Crippen molar-refractivity contribution in [3.63, 3.8) is 0 Å². The molecule has 0 saturated carbocycles. The van der Waals surface area contributed by atoms with Crippen molar-refractivity contribution in [1.29, 1.82) is 0 Å². The molecule has 3 N–H and O–H groups in total. The highest BCUT2D eigenvalue weighted by atomic mass is 16.6. The molecule has 0 radical (unpaired) electrons. The van der Waals surface area contributed by atoms with Crippen LogP contribution in [0.15, 0.2) is 22.8 Å². The lowest BCUT2D eigenvalue weighted by Gasteiger charge is -2.31. The Bertz CT molecular complexity index is 495. The smallest absolute Gasteiger partial charge is 0.409 e. The average molecular weight is 324 g/mol. The Morgan fingerprint density at radius 2 is 2.22 bits per heavy atom. The molecule has 0 unspecified atom stereocenters. The van der Waals surface area contributed by atoms with Crippen molar-refractivity contribution in [2.75, 3.05) is 26.2 Å². The van der Waals surface area contributed by atoms with Crippen LogP contribution >= 0.6 is 0 Å². The van der Waals surface area contributed by atoms with E-state index in [1.807, 2.05) is 24.4 Å². The standard InChI is InChI=1S/C16H25N3O4/c1-3-22-16(21)19-8-6-13(7-9-19)18-15(20)11-17-12(2)14-5-4-10-23-14/h4-5,10,12-13,17H,3,6-9,11H2,1-2H3,(H,18,20)/p+1/t12-/m1/s1. The van der Waals surface area contributed by atoms with Gasteiger partial charge < -0.3 is 24.7 Å². The van der Waals surface area contributed by atoms with E-state index in [1.54, 1.807) is 18.1 Å². The summed E-state index contributed by atoms with van der Waals surface area (Å²) in [5.41, 5.74) is 0. The lowest BCUT2D eigenvalue weighted by molar-refractivity contribution is -0.684. The van der Waals surface area contributed by atoms with E-state index in [2.05, 4.69) is 5.32 Å². The quantitative estimate of drug-likeness (QED) is 0.804. The second-order valence-electron chi connectivity index (χ2n) is 5.77. The molecule has 1 aliphatic heterocycles. The Morgan fingerprint density at radius 1 is 1.48 bits per heavy atom. The van der Waals surface area contributed by atoms with Crippen molar-refractivity contribution in [2.24, 2.45) is 0 Å². The van der Waals surface area contributed by atoms with Crippen LogP contribution in [-0.4, -0.2) is 49.2 Å². The number of furan rings is 1. The summed E-state index contributed by atoms with van der Waals surface area (Å²) in [7, 11) is 0. The van der Waals surface area contributed by atoms with Gasteiger partial charge in [0.25, 0.3) is 5.91 Å². The van der Waals surface area contributed by atoms with Crippen LogP contribution in [0.5, 0.6) is 0 Å². The molecule has 7 heteroatoms. The number of piperidine rings is 1. The molecule has 128 valence electrons. The van der Waals surface area contributed by atoms with E-state index in [0.717, 1.165) is 18.6 Å². The van der Waals surface area contributed by atoms with Crippen LogP contribution in [0.3, 0.4) is 0 Å². The third-order valence-electron chi connectivity index (χ3n) is 4.03. The number of ether oxygens (including phenoxy) is 1. The van der Waals surface area contributed by atoms with Crippen LogP contribution in [-0.2, 0) is 9.53 Å². The van der Waals surface area contributed by atoms with Crippen molar-refractivity contribution in [3.8, 4) is 0 Å². The molecule has 1 fully saturated rings. The molecule has 2 heterocycles. The average Bonchev–Trinajstić information content (AvgIpc) is 3.08. The summed E-state index contributed by atoms with van der Waals surface area (Å²) in [5.74, 6) is 0.874. The Hall–Kier alpha value is -2.02. The minimum Gasteiger partial charge on any atom is -0.463 e. The molecular formula is C16H26N3O4+. The molecule has 0 aromatic carbocycles. The van der Waals surface area contributed by atoms with Gasteiger partial charge >= 0.3 is 6.09 Å². The fourth-order valence-electron chi connectivity index (χ4n) is 2.66. The maximum absolute atomic E-state index is 12.0. The van der Waals surface area contributed by atoms with Gasteiger partial charge in [0.05, 0.1) is 12.9 Å². The summed E-state index contributed by atoms with van der Waals surface area (Å²) in [6.07, 6.45) is 2.89. The predicted octanol–water partition coefficient (Wildman–Crippen LogP) is 0.641. The summed E-state index contributed by atoms with van der Waals surface area (Å²) < 4.78 is 10.3. The maximum atomic E-state index is 12.0. The fourth-order valence-corrected chi connectivity index (χ4v) is 2.66. The molecule has 0 spiro atoms. The first kappa shape index (κ1) is 17.3. The number of nitrogens with zero attached hydrogens (tertiary/aromatic N) is 1. The van der Waals surface area contributed by atoms with E-state index in [-0.39, 0.29) is 24.1 Å². The second kappa shape index (κ2) is 8.57. The van der Waals surface area contributed by atoms with Crippen LogP contribution in [0.25, 0.3) is 0 Å². The Labute approximate surface area is 136 Å². The SMILES string of the molecule is CCOC(=O)N1CCC(NC(=O)C[NH2+][C@H](C)c2ccco2)CC1. The summed E-state index contributed by atoms with van der Waals surface area (Å²) >= 11 is 0. The number of hydrogen-bond donors (Lipinski definition) is 2. The molecule has 1 aliphatic rings. The number of carbonyl (C=O) groups is 2. The number of likely N-dealkylation sites (tertiary alicyclic amines) is 1. The van der Waals surface area contributed by atoms with Gasteiger partial charge in [0.1, 0.15) is 6.04 Å². The Balaban J connectivity index is 1.66. The van der Waals surface area contributed by atoms with E-state index in [0.29, 0.717) is 26.2 Å². The van der Waals surface area contributed by atoms with Gasteiger partial charge in [-0.05, 0) is 38.8 Å². The molecule has 7 nitrogen and oxygen atoms in total. The van der Waals surface area contributed by atoms with Crippen LogP contribution in [0, 0.1) is 0 Å². The highest BCUT2D eigenvalue weighted by Gasteiger charge is 2.25. The highest BCUT2D eigenvalue weighted by molar-refractivity contribution is 5.77. The normalized spacial score (nSPS) is 16.9. The highest BCUT2D eigenvalue weighted by Crippen LogP contribution is 2.11. The molecule has 1 aromatic rings. The minimum absolute atomic E-state index is 0.0120. The van der Waals surface area contributed by atoms with E-state index in [4.69, 9.17) is 9.15 Å². The van der Waals surface area contributed by atoms with Gasteiger partial charge in [-0.2, -0.15) is 0 Å². The topological polar surface area (TPSA) is 88.4 Å². The summed E-state index contributed by atoms with van der Waals surface area (Å²) in [6, 6.07) is 3.99. The summed E-state index contributed by atoms with van der Waals surface area (Å²) in [4.78, 5) is 25.3. The maximum Gasteiger partial charge on any atom is 0.409 e. The number of hydrogen-bond acceptors (Lipinski definition) is 4. The monoisotopic (exact) mass is 324 g/mol. The first-order valence-corrected chi connectivity index (χ1v) is 8.18. The number of quaternary nitrogens is 1. The zero-order valence-electron chi connectivity index (χ0n) is 13.8. The van der Waals surface area contributed by atoms with Gasteiger partial charge in [-0.15, -0.1) is 0 Å². The van der Waals surface area contributed by atoms with Crippen molar-refractivity contribution in [2.45, 2.75) is 38.8 Å². The van der Waals surface area contributed by atoms with Crippen LogP contribution in [0.1, 0.15) is 38.5 Å². The Kier molecular flexibility index (Phi) is 6.46. The van der Waals surface area contributed by atoms with E-state index in [9.17, 15) is 9.59 Å². The molecule has 2 rings (SSSR count). The molecule has 2 amide bonds. The molecule has 0 aliphatic carbocycles. The molecule has 1 atom stereocenters. The van der Waals surface area contributed by atoms with Crippen LogP contribution in [0.4, 0.5) is 4.79 Å². The summed E-state index contributed by atoms with van der Waals surface area (Å²) in [5, 5.41) is 4.98. The van der Waals surface area contributed by atoms with E-state index < -0.39 is 0 Å². The third-order valence-corrected chi connectivity index (χ3v) is 4.03. The second-order valence-corrected chi connectivity index (χ2v) is 5.77. The number of carbonyl (C=O) groups excluding carboxylic acids is 2. The number of amides is 2. The van der Waals surface area contributed by atoms with Crippen LogP contribution in [0.2, 0.25) is 0 Å². The van der Waals surface area contributed by atoms with E-state index >= 15 is 0 Å². The van der Waals surface area contributed by atoms with Gasteiger partial charge in [-0.25, -0.2) is 4.79 Å².